The molecule has 0 heterocycles. The lowest BCUT2D eigenvalue weighted by Gasteiger charge is -2.08. The molecule has 0 saturated carbocycles. The van der Waals surface area contributed by atoms with Crippen molar-refractivity contribution in [3.8, 4) is 0 Å². The van der Waals surface area contributed by atoms with Crippen LogP contribution < -0.4 is 0 Å². The van der Waals surface area contributed by atoms with Gasteiger partial charge in [-0.05, 0) is 48.5 Å². The summed E-state index contributed by atoms with van der Waals surface area (Å²) in [5.74, 6) is -3.10. The van der Waals surface area contributed by atoms with Crippen LogP contribution in [0.3, 0.4) is 0 Å². The van der Waals surface area contributed by atoms with E-state index >= 15 is 0 Å². The van der Waals surface area contributed by atoms with Crippen molar-refractivity contribution in [1.82, 2.24) is 0 Å². The average molecular weight is 488 g/mol. The van der Waals surface area contributed by atoms with Crippen LogP contribution in [0.5, 0.6) is 0 Å². The molecule has 2 rings (SSSR count). The van der Waals surface area contributed by atoms with E-state index in [4.69, 9.17) is 24.1 Å². The largest absolute Gasteiger partial charge is 0.462 e. The number of hydrogen-bond acceptors (Lipinski definition) is 11. The van der Waals surface area contributed by atoms with Crippen molar-refractivity contribution in [3.63, 3.8) is 0 Å². The molecule has 186 valence electrons. The van der Waals surface area contributed by atoms with Gasteiger partial charge in [0.25, 0.3) is 0 Å². The van der Waals surface area contributed by atoms with Crippen LogP contribution in [-0.4, -0.2) is 74.6 Å². The van der Waals surface area contributed by atoms with E-state index in [9.17, 15) is 24.0 Å². The Kier molecular flexibility index (Phi) is 10.9. The monoisotopic (exact) mass is 488 g/mol. The normalized spacial score (nSPS) is 10.1. The first-order valence-electron chi connectivity index (χ1n) is 10.4. The maximum atomic E-state index is 12.1. The highest BCUT2D eigenvalue weighted by Crippen LogP contribution is 2.09. The summed E-state index contributed by atoms with van der Waals surface area (Å²) in [4.78, 5) is 58.4. The maximum Gasteiger partial charge on any atom is 0.338 e. The van der Waals surface area contributed by atoms with Gasteiger partial charge in [0.2, 0.25) is 0 Å². The van der Waals surface area contributed by atoms with Crippen molar-refractivity contribution in [2.75, 3.05) is 39.6 Å². The van der Waals surface area contributed by atoms with E-state index in [1.165, 1.54) is 55.5 Å². The summed E-state index contributed by atoms with van der Waals surface area (Å²) in [6.45, 7) is 0.279. The fourth-order valence-electron chi connectivity index (χ4n) is 2.54. The van der Waals surface area contributed by atoms with Crippen molar-refractivity contribution in [2.45, 2.75) is 6.92 Å². The summed E-state index contributed by atoms with van der Waals surface area (Å²) >= 11 is 0. The van der Waals surface area contributed by atoms with Crippen molar-refractivity contribution < 1.29 is 52.8 Å². The van der Waals surface area contributed by atoms with Gasteiger partial charge in [-0.3, -0.25) is 4.79 Å². The molecular formula is C24H24O11. The quantitative estimate of drug-likeness (QED) is 0.263. The molecule has 0 radical (unpaired) electrons. The van der Waals surface area contributed by atoms with Crippen LogP contribution in [0.4, 0.5) is 0 Å². The molecule has 0 fully saturated rings. The van der Waals surface area contributed by atoms with Crippen LogP contribution in [0.2, 0.25) is 0 Å². The number of aliphatic hydroxyl groups excluding tert-OH is 1. The number of ether oxygens (including phenoxy) is 5. The second-order valence-electron chi connectivity index (χ2n) is 6.76. The minimum absolute atomic E-state index is 0.0541. The van der Waals surface area contributed by atoms with Crippen LogP contribution in [-0.2, 0) is 28.5 Å². The van der Waals surface area contributed by atoms with Gasteiger partial charge in [-0.25, -0.2) is 19.2 Å². The van der Waals surface area contributed by atoms with Crippen LogP contribution >= 0.6 is 0 Å². The van der Waals surface area contributed by atoms with Gasteiger partial charge in [0, 0.05) is 6.92 Å². The van der Waals surface area contributed by atoms with Crippen LogP contribution in [0.1, 0.15) is 48.4 Å². The highest BCUT2D eigenvalue weighted by Gasteiger charge is 2.13. The van der Waals surface area contributed by atoms with Gasteiger partial charge >= 0.3 is 29.8 Å². The summed E-state index contributed by atoms with van der Waals surface area (Å²) in [5.41, 5.74) is 0.776. The van der Waals surface area contributed by atoms with Crippen LogP contribution in [0.15, 0.2) is 48.5 Å². The lowest BCUT2D eigenvalue weighted by molar-refractivity contribution is -0.142. The molecule has 0 aliphatic rings. The van der Waals surface area contributed by atoms with Crippen LogP contribution in [0.25, 0.3) is 0 Å². The van der Waals surface area contributed by atoms with Gasteiger partial charge in [-0.1, -0.05) is 0 Å². The molecule has 0 unspecified atom stereocenters. The number of benzene rings is 2. The van der Waals surface area contributed by atoms with Crippen LogP contribution in [0, 0.1) is 0 Å². The lowest BCUT2D eigenvalue weighted by atomic mass is 10.1. The number of carbonyl (C=O) groups excluding carboxylic acids is 5. The maximum absolute atomic E-state index is 12.1. The molecule has 0 aliphatic carbocycles. The minimum Gasteiger partial charge on any atom is -0.462 e. The fourth-order valence-corrected chi connectivity index (χ4v) is 2.54. The predicted octanol–water partition coefficient (Wildman–Crippen LogP) is 1.57. The molecule has 2 aromatic rings. The number of rotatable bonds is 12. The average Bonchev–Trinajstić information content (AvgIpc) is 2.87. The summed E-state index contributed by atoms with van der Waals surface area (Å²) in [6.07, 6.45) is 0. The highest BCUT2D eigenvalue weighted by atomic mass is 16.6. The Balaban J connectivity index is 1.72. The van der Waals surface area contributed by atoms with Crippen molar-refractivity contribution in [3.05, 3.63) is 70.8 Å². The standard InChI is InChI=1S/C24H24O11/c1-16(26)31-12-13-33-22(28)18-6-8-20(9-7-18)24(30)35-15-14-34-23(29)19-4-2-17(3-5-19)21(27)32-11-10-25/h2-9,25H,10-15H2,1H3. The molecule has 2 aromatic carbocycles. The van der Waals surface area contributed by atoms with Gasteiger partial charge < -0.3 is 28.8 Å². The summed E-state index contributed by atoms with van der Waals surface area (Å²) in [6, 6.07) is 11.1. The summed E-state index contributed by atoms with van der Waals surface area (Å²) in [5, 5.41) is 8.66. The Morgan fingerprint density at radius 3 is 1.03 bits per heavy atom. The molecular weight excluding hydrogens is 464 g/mol. The molecule has 0 bridgehead atoms. The van der Waals surface area contributed by atoms with Gasteiger partial charge in [-0.2, -0.15) is 0 Å². The van der Waals surface area contributed by atoms with E-state index in [-0.39, 0.29) is 61.9 Å². The Morgan fingerprint density at radius 2 is 0.771 bits per heavy atom. The lowest BCUT2D eigenvalue weighted by Crippen LogP contribution is -2.15. The molecule has 0 aliphatic heterocycles. The first-order valence-corrected chi connectivity index (χ1v) is 10.4. The van der Waals surface area contributed by atoms with Gasteiger partial charge in [-0.15, -0.1) is 0 Å². The third-order valence-electron chi connectivity index (χ3n) is 4.21. The molecule has 0 spiro atoms. The van der Waals surface area contributed by atoms with E-state index in [1.54, 1.807) is 0 Å². The van der Waals surface area contributed by atoms with E-state index < -0.39 is 29.8 Å². The third kappa shape index (κ3) is 9.26. The molecule has 0 aromatic heterocycles. The molecule has 11 nitrogen and oxygen atoms in total. The Bertz CT molecular complexity index is 1030. The Hall–Kier alpha value is -4.25. The molecule has 35 heavy (non-hydrogen) atoms. The van der Waals surface area contributed by atoms with E-state index in [1.807, 2.05) is 0 Å². The Labute approximate surface area is 200 Å². The van der Waals surface area contributed by atoms with Crippen molar-refractivity contribution >= 4 is 29.8 Å². The zero-order valence-corrected chi connectivity index (χ0v) is 18.9. The number of carbonyl (C=O) groups is 5. The zero-order valence-electron chi connectivity index (χ0n) is 18.9. The highest BCUT2D eigenvalue weighted by molar-refractivity contribution is 5.94. The fraction of sp³-hybridized carbons (Fsp3) is 0.292. The van der Waals surface area contributed by atoms with Gasteiger partial charge in [0.1, 0.15) is 33.0 Å². The van der Waals surface area contributed by atoms with E-state index in [0.29, 0.717) is 0 Å². The second kappa shape index (κ2) is 14.1. The topological polar surface area (TPSA) is 152 Å². The zero-order chi connectivity index (χ0) is 25.6. The second-order valence-corrected chi connectivity index (χ2v) is 6.76. The SMILES string of the molecule is CC(=O)OCCOC(=O)c1ccc(C(=O)OCCOC(=O)c2ccc(C(=O)OCCO)cc2)cc1. The first kappa shape index (κ1) is 27.0. The molecule has 1 N–H and O–H groups in total. The summed E-state index contributed by atoms with van der Waals surface area (Å²) < 4.78 is 24.4. The third-order valence-corrected chi connectivity index (χ3v) is 4.21. The smallest absolute Gasteiger partial charge is 0.338 e. The molecule has 11 heteroatoms. The Morgan fingerprint density at radius 1 is 0.514 bits per heavy atom. The van der Waals surface area contributed by atoms with Crippen molar-refractivity contribution in [1.29, 1.82) is 0 Å². The number of esters is 5. The van der Waals surface area contributed by atoms with Crippen molar-refractivity contribution in [2.24, 2.45) is 0 Å². The summed E-state index contributed by atoms with van der Waals surface area (Å²) in [7, 11) is 0. The van der Waals surface area contributed by atoms with Gasteiger partial charge in [0.15, 0.2) is 0 Å². The molecule has 0 atom stereocenters. The van der Waals surface area contributed by atoms with Gasteiger partial charge in [0.05, 0.1) is 28.9 Å². The molecule has 0 amide bonds. The predicted molar refractivity (Wildman–Crippen MR) is 118 cm³/mol. The first-order chi connectivity index (χ1) is 16.8. The minimum atomic E-state index is -0.679. The number of aliphatic hydroxyl groups is 1. The molecule has 0 saturated heterocycles. The van der Waals surface area contributed by atoms with E-state index in [2.05, 4.69) is 4.74 Å². The van der Waals surface area contributed by atoms with E-state index in [0.717, 1.165) is 0 Å². The number of hydrogen-bond donors (Lipinski definition) is 1.